The molecule has 2 heteroatoms. The van der Waals surface area contributed by atoms with Crippen molar-refractivity contribution in [2.45, 2.75) is 46.2 Å². The number of benzene rings is 2. The van der Waals surface area contributed by atoms with E-state index in [1.807, 2.05) is 13.0 Å². The summed E-state index contributed by atoms with van der Waals surface area (Å²) in [6.07, 6.45) is 0. The SMILES string of the molecule is C=C(C)c1cc(F)cc(CN(C)Cc2ccc(C(C)(C)C)cc2)c1. The monoisotopic (exact) mass is 325 g/mol. The molecule has 0 heterocycles. The van der Waals surface area contributed by atoms with Gasteiger partial charge < -0.3 is 0 Å². The van der Waals surface area contributed by atoms with E-state index < -0.39 is 0 Å². The molecule has 24 heavy (non-hydrogen) atoms. The van der Waals surface area contributed by atoms with E-state index in [9.17, 15) is 4.39 Å². The smallest absolute Gasteiger partial charge is 0.124 e. The molecule has 0 unspecified atom stereocenters. The predicted molar refractivity (Wildman–Crippen MR) is 101 cm³/mol. The molecule has 0 bridgehead atoms. The fourth-order valence-corrected chi connectivity index (χ4v) is 2.78. The van der Waals surface area contributed by atoms with Crippen LogP contribution in [0.25, 0.3) is 5.57 Å². The molecule has 0 aliphatic carbocycles. The van der Waals surface area contributed by atoms with Crippen molar-refractivity contribution in [1.29, 1.82) is 0 Å². The summed E-state index contributed by atoms with van der Waals surface area (Å²) in [7, 11) is 2.06. The van der Waals surface area contributed by atoms with Crippen LogP contribution in [-0.2, 0) is 18.5 Å². The molecule has 2 aromatic carbocycles. The molecular weight excluding hydrogens is 297 g/mol. The Bertz CT molecular complexity index is 708. The van der Waals surface area contributed by atoms with E-state index in [1.165, 1.54) is 17.2 Å². The van der Waals surface area contributed by atoms with Crippen molar-refractivity contribution < 1.29 is 4.39 Å². The lowest BCUT2D eigenvalue weighted by molar-refractivity contribution is 0.318. The van der Waals surface area contributed by atoms with Gasteiger partial charge >= 0.3 is 0 Å². The third kappa shape index (κ3) is 5.04. The van der Waals surface area contributed by atoms with Crippen molar-refractivity contribution in [3.8, 4) is 0 Å². The van der Waals surface area contributed by atoms with Gasteiger partial charge in [-0.2, -0.15) is 0 Å². The first-order chi connectivity index (χ1) is 11.1. The average molecular weight is 325 g/mol. The van der Waals surface area contributed by atoms with Crippen molar-refractivity contribution in [2.24, 2.45) is 0 Å². The Morgan fingerprint density at radius 2 is 1.58 bits per heavy atom. The summed E-state index contributed by atoms with van der Waals surface area (Å²) in [6, 6.07) is 13.9. The Labute approximate surface area is 145 Å². The van der Waals surface area contributed by atoms with Crippen molar-refractivity contribution in [3.63, 3.8) is 0 Å². The fraction of sp³-hybridized carbons (Fsp3) is 0.364. The number of halogens is 1. The summed E-state index contributed by atoms with van der Waals surface area (Å²) >= 11 is 0. The summed E-state index contributed by atoms with van der Waals surface area (Å²) in [6.45, 7) is 14.0. The third-order valence-electron chi connectivity index (χ3n) is 4.18. The lowest BCUT2D eigenvalue weighted by Crippen LogP contribution is -2.18. The Hall–Kier alpha value is -1.93. The fourth-order valence-electron chi connectivity index (χ4n) is 2.78. The van der Waals surface area contributed by atoms with Crippen molar-refractivity contribution in [2.75, 3.05) is 7.05 Å². The Morgan fingerprint density at radius 3 is 2.12 bits per heavy atom. The minimum atomic E-state index is -0.201. The van der Waals surface area contributed by atoms with Crippen LogP contribution in [-0.4, -0.2) is 11.9 Å². The second-order valence-corrected chi connectivity index (χ2v) is 7.75. The summed E-state index contributed by atoms with van der Waals surface area (Å²) < 4.78 is 13.8. The van der Waals surface area contributed by atoms with Gasteiger partial charge in [0.05, 0.1) is 0 Å². The molecule has 0 aliphatic heterocycles. The first kappa shape index (κ1) is 18.4. The lowest BCUT2D eigenvalue weighted by Gasteiger charge is -2.21. The van der Waals surface area contributed by atoms with Gasteiger partial charge in [-0.15, -0.1) is 0 Å². The van der Waals surface area contributed by atoms with Gasteiger partial charge in [0.15, 0.2) is 0 Å². The molecule has 0 aromatic heterocycles. The summed E-state index contributed by atoms with van der Waals surface area (Å²) in [5.41, 5.74) is 5.50. The zero-order chi connectivity index (χ0) is 17.9. The molecule has 0 amide bonds. The Kier molecular flexibility index (Phi) is 5.61. The summed E-state index contributed by atoms with van der Waals surface area (Å²) in [5, 5.41) is 0. The second-order valence-electron chi connectivity index (χ2n) is 7.75. The Morgan fingerprint density at radius 1 is 1.00 bits per heavy atom. The highest BCUT2D eigenvalue weighted by atomic mass is 19.1. The molecule has 0 N–H and O–H groups in total. The van der Waals surface area contributed by atoms with E-state index in [0.29, 0.717) is 6.54 Å². The molecule has 0 spiro atoms. The van der Waals surface area contributed by atoms with E-state index >= 15 is 0 Å². The maximum atomic E-state index is 13.8. The van der Waals surface area contributed by atoms with Gasteiger partial charge in [0.1, 0.15) is 5.82 Å². The highest BCUT2D eigenvalue weighted by Crippen LogP contribution is 2.23. The maximum Gasteiger partial charge on any atom is 0.124 e. The van der Waals surface area contributed by atoms with Crippen LogP contribution < -0.4 is 0 Å². The van der Waals surface area contributed by atoms with Crippen LogP contribution in [0.4, 0.5) is 4.39 Å². The molecule has 0 fully saturated rings. The van der Waals surface area contributed by atoms with Crippen molar-refractivity contribution >= 4 is 5.57 Å². The Balaban J connectivity index is 2.05. The first-order valence-electron chi connectivity index (χ1n) is 8.38. The molecule has 2 aromatic rings. The van der Waals surface area contributed by atoms with Gasteiger partial charge in [-0.05, 0) is 53.8 Å². The number of nitrogens with zero attached hydrogens (tertiary/aromatic N) is 1. The highest BCUT2D eigenvalue weighted by Gasteiger charge is 2.13. The van der Waals surface area contributed by atoms with Crippen molar-refractivity contribution in [1.82, 2.24) is 4.90 Å². The summed E-state index contributed by atoms with van der Waals surface area (Å²) in [5.74, 6) is -0.201. The number of allylic oxidation sites excluding steroid dienone is 1. The van der Waals surface area contributed by atoms with Gasteiger partial charge in [0.25, 0.3) is 0 Å². The van der Waals surface area contributed by atoms with Crippen LogP contribution in [0.1, 0.15) is 49.9 Å². The molecule has 0 saturated carbocycles. The molecule has 0 atom stereocenters. The molecule has 2 rings (SSSR count). The van der Waals surface area contributed by atoms with Crippen LogP contribution in [0.15, 0.2) is 49.0 Å². The number of hydrogen-bond acceptors (Lipinski definition) is 1. The molecule has 0 radical (unpaired) electrons. The van der Waals surface area contributed by atoms with Crippen LogP contribution in [0.3, 0.4) is 0 Å². The minimum absolute atomic E-state index is 0.172. The average Bonchev–Trinajstić information content (AvgIpc) is 2.46. The van der Waals surface area contributed by atoms with Gasteiger partial charge in [-0.25, -0.2) is 4.39 Å². The minimum Gasteiger partial charge on any atom is -0.298 e. The van der Waals surface area contributed by atoms with Crippen molar-refractivity contribution in [3.05, 3.63) is 77.1 Å². The van der Waals surface area contributed by atoms with E-state index in [4.69, 9.17) is 0 Å². The highest BCUT2D eigenvalue weighted by molar-refractivity contribution is 5.61. The molecule has 128 valence electrons. The number of rotatable bonds is 5. The van der Waals surface area contributed by atoms with Crippen LogP contribution >= 0.6 is 0 Å². The largest absolute Gasteiger partial charge is 0.298 e. The molecule has 0 aliphatic rings. The molecule has 1 nitrogen and oxygen atoms in total. The quantitative estimate of drug-likeness (QED) is 0.672. The van der Waals surface area contributed by atoms with Crippen LogP contribution in [0.5, 0.6) is 0 Å². The maximum absolute atomic E-state index is 13.8. The van der Waals surface area contributed by atoms with E-state index in [-0.39, 0.29) is 11.2 Å². The third-order valence-corrected chi connectivity index (χ3v) is 4.18. The van der Waals surface area contributed by atoms with Gasteiger partial charge in [0, 0.05) is 13.1 Å². The van der Waals surface area contributed by atoms with Crippen LogP contribution in [0.2, 0.25) is 0 Å². The zero-order valence-corrected chi connectivity index (χ0v) is 15.5. The van der Waals surface area contributed by atoms with E-state index in [1.54, 1.807) is 6.07 Å². The van der Waals surface area contributed by atoms with E-state index in [2.05, 4.69) is 63.6 Å². The molecule has 0 saturated heterocycles. The predicted octanol–water partition coefficient (Wildman–Crippen LogP) is 5.79. The summed E-state index contributed by atoms with van der Waals surface area (Å²) in [4.78, 5) is 2.20. The standard InChI is InChI=1S/C22H28FN/c1-16(2)19-11-18(12-21(23)13-19)15-24(6)14-17-7-9-20(10-8-17)22(3,4)5/h7-13H,1,14-15H2,2-6H3. The second kappa shape index (κ2) is 7.31. The number of hydrogen-bond donors (Lipinski definition) is 0. The van der Waals surface area contributed by atoms with Gasteiger partial charge in [-0.1, -0.05) is 63.3 Å². The van der Waals surface area contributed by atoms with Gasteiger partial charge in [-0.3, -0.25) is 4.90 Å². The van der Waals surface area contributed by atoms with Crippen LogP contribution in [0, 0.1) is 5.82 Å². The first-order valence-corrected chi connectivity index (χ1v) is 8.38. The van der Waals surface area contributed by atoms with Gasteiger partial charge in [0.2, 0.25) is 0 Å². The topological polar surface area (TPSA) is 3.24 Å². The molecular formula is C22H28FN. The normalized spacial score (nSPS) is 11.8. The van der Waals surface area contributed by atoms with E-state index in [0.717, 1.165) is 23.2 Å². The zero-order valence-electron chi connectivity index (χ0n) is 15.5. The lowest BCUT2D eigenvalue weighted by atomic mass is 9.87.